The largest absolute Gasteiger partial charge is 0.462 e. The second kappa shape index (κ2) is 53.9. The Morgan fingerprint density at radius 2 is 0.582 bits per heavy atom. The van der Waals surface area contributed by atoms with Crippen molar-refractivity contribution in [2.24, 2.45) is 0 Å². The van der Waals surface area contributed by atoms with Crippen molar-refractivity contribution in [3.63, 3.8) is 0 Å². The standard InChI is InChI=1S/C61H94O6/c1-4-7-10-13-16-19-22-25-27-29-31-33-36-39-42-45-48-51-54-60(63)66-57-58(56-65-59(62)53-50-47-44-41-38-35-24-21-18-15-12-9-6-3)67-61(64)55-52-49-46-43-40-37-34-32-30-28-26-23-20-17-14-11-8-5-2/h9,12,15-35,38,58H,4-8,10-11,13-14,36-37,39-57H2,1-3H3/b12-9+,18-15+,19-16+,20-17+,24-21+,25-22+,26-23+,29-27+,30-28+,33-31+,34-32+,38-35+. The topological polar surface area (TPSA) is 78.9 Å². The van der Waals surface area contributed by atoms with Crippen LogP contribution >= 0.6 is 0 Å². The van der Waals surface area contributed by atoms with Crippen LogP contribution in [0.15, 0.2) is 146 Å². The monoisotopic (exact) mass is 923 g/mol. The molecule has 1 atom stereocenters. The van der Waals surface area contributed by atoms with Gasteiger partial charge in [0.15, 0.2) is 6.10 Å². The highest BCUT2D eigenvalue weighted by Crippen LogP contribution is 2.12. The molecule has 6 heteroatoms. The molecule has 0 aliphatic rings. The van der Waals surface area contributed by atoms with E-state index in [0.29, 0.717) is 12.8 Å². The third kappa shape index (κ3) is 52.1. The number of carbonyl (C=O) groups excluding carboxylic acids is 3. The Kier molecular flexibility index (Phi) is 50.1. The van der Waals surface area contributed by atoms with Gasteiger partial charge in [-0.05, 0) is 89.9 Å². The van der Waals surface area contributed by atoms with Gasteiger partial charge < -0.3 is 14.2 Å². The lowest BCUT2D eigenvalue weighted by Crippen LogP contribution is -2.30. The third-order valence-corrected chi connectivity index (χ3v) is 10.6. The first-order valence-corrected chi connectivity index (χ1v) is 26.5. The predicted octanol–water partition coefficient (Wildman–Crippen LogP) is 17.6. The van der Waals surface area contributed by atoms with Gasteiger partial charge in [-0.3, -0.25) is 14.4 Å². The van der Waals surface area contributed by atoms with E-state index in [1.165, 1.54) is 38.5 Å². The Balaban J connectivity index is 4.58. The van der Waals surface area contributed by atoms with Gasteiger partial charge in [0.2, 0.25) is 0 Å². The molecule has 0 radical (unpaired) electrons. The first kappa shape index (κ1) is 62.3. The first-order chi connectivity index (χ1) is 33.0. The fourth-order valence-corrected chi connectivity index (χ4v) is 6.59. The summed E-state index contributed by atoms with van der Waals surface area (Å²) in [5, 5.41) is 0. The lowest BCUT2D eigenvalue weighted by molar-refractivity contribution is -0.167. The molecule has 0 aromatic heterocycles. The zero-order chi connectivity index (χ0) is 48.6. The molecule has 0 N–H and O–H groups in total. The van der Waals surface area contributed by atoms with E-state index in [4.69, 9.17) is 14.2 Å². The number of rotatable bonds is 45. The van der Waals surface area contributed by atoms with Crippen LogP contribution in [0.3, 0.4) is 0 Å². The fourth-order valence-electron chi connectivity index (χ4n) is 6.59. The Labute approximate surface area is 410 Å². The number of hydrogen-bond acceptors (Lipinski definition) is 6. The summed E-state index contributed by atoms with van der Waals surface area (Å²) in [6, 6.07) is 0. The van der Waals surface area contributed by atoms with Crippen LogP contribution in [0.1, 0.15) is 201 Å². The van der Waals surface area contributed by atoms with Crippen molar-refractivity contribution >= 4 is 17.9 Å². The van der Waals surface area contributed by atoms with Gasteiger partial charge in [0.05, 0.1) is 0 Å². The summed E-state index contributed by atoms with van der Waals surface area (Å²) < 4.78 is 16.7. The van der Waals surface area contributed by atoms with Gasteiger partial charge >= 0.3 is 17.9 Å². The smallest absolute Gasteiger partial charge is 0.306 e. The Morgan fingerprint density at radius 3 is 0.925 bits per heavy atom. The van der Waals surface area contributed by atoms with Crippen LogP contribution in [-0.4, -0.2) is 37.2 Å². The van der Waals surface area contributed by atoms with E-state index in [9.17, 15) is 14.4 Å². The minimum atomic E-state index is -0.824. The molecule has 0 heterocycles. The highest BCUT2D eigenvalue weighted by molar-refractivity contribution is 5.71. The molecule has 0 aromatic carbocycles. The lowest BCUT2D eigenvalue weighted by Gasteiger charge is -2.18. The number of hydrogen-bond donors (Lipinski definition) is 0. The number of esters is 3. The zero-order valence-electron chi connectivity index (χ0n) is 42.6. The molecule has 0 bridgehead atoms. The van der Waals surface area contributed by atoms with Crippen LogP contribution in [0.25, 0.3) is 0 Å². The van der Waals surface area contributed by atoms with E-state index in [2.05, 4.69) is 130 Å². The summed E-state index contributed by atoms with van der Waals surface area (Å²) in [4.78, 5) is 38.0. The van der Waals surface area contributed by atoms with Crippen molar-refractivity contribution in [2.75, 3.05) is 13.2 Å². The molecule has 0 spiro atoms. The minimum Gasteiger partial charge on any atom is -0.462 e. The summed E-state index contributed by atoms with van der Waals surface area (Å²) in [5.74, 6) is -1.01. The molecule has 1 unspecified atom stereocenters. The number of carbonyl (C=O) groups is 3. The van der Waals surface area contributed by atoms with Gasteiger partial charge in [0.25, 0.3) is 0 Å². The zero-order valence-corrected chi connectivity index (χ0v) is 42.6. The highest BCUT2D eigenvalue weighted by atomic mass is 16.6. The third-order valence-electron chi connectivity index (χ3n) is 10.6. The van der Waals surface area contributed by atoms with Crippen molar-refractivity contribution in [2.45, 2.75) is 207 Å². The van der Waals surface area contributed by atoms with Gasteiger partial charge in [-0.15, -0.1) is 0 Å². The SMILES string of the molecule is CC/C=C/C=C/C=C/C=C/CCCCCC(=O)OCC(COC(=O)CCCCCCC/C=C/C=C/C=C/C=C/CCCCC)OC(=O)CCCCCCC/C=C/C=C/C=C/C=C/CCCCC. The number of allylic oxidation sites excluding steroid dienone is 24. The van der Waals surface area contributed by atoms with Crippen LogP contribution in [-0.2, 0) is 28.6 Å². The molecule has 0 aromatic rings. The van der Waals surface area contributed by atoms with E-state index in [1.807, 2.05) is 36.5 Å². The van der Waals surface area contributed by atoms with Crippen LogP contribution in [0, 0.1) is 0 Å². The molecule has 0 fully saturated rings. The fraction of sp³-hybridized carbons (Fsp3) is 0.557. The van der Waals surface area contributed by atoms with Crippen molar-refractivity contribution in [3.05, 3.63) is 146 Å². The van der Waals surface area contributed by atoms with Gasteiger partial charge in [0.1, 0.15) is 13.2 Å². The van der Waals surface area contributed by atoms with Gasteiger partial charge in [-0.2, -0.15) is 0 Å². The summed E-state index contributed by atoms with van der Waals surface area (Å²) in [6.45, 7) is 6.32. The van der Waals surface area contributed by atoms with Crippen LogP contribution in [0.2, 0.25) is 0 Å². The van der Waals surface area contributed by atoms with Crippen molar-refractivity contribution in [1.82, 2.24) is 0 Å². The van der Waals surface area contributed by atoms with Gasteiger partial charge in [-0.25, -0.2) is 0 Å². The van der Waals surface area contributed by atoms with Crippen LogP contribution < -0.4 is 0 Å². The van der Waals surface area contributed by atoms with Gasteiger partial charge in [0, 0.05) is 19.3 Å². The van der Waals surface area contributed by atoms with Crippen molar-refractivity contribution in [3.8, 4) is 0 Å². The second-order valence-corrected chi connectivity index (χ2v) is 17.0. The number of unbranched alkanes of at least 4 members (excludes halogenated alkanes) is 19. The maximum Gasteiger partial charge on any atom is 0.306 e. The average molecular weight is 923 g/mol. The summed E-state index contributed by atoms with van der Waals surface area (Å²) in [6.07, 6.45) is 76.8. The molecule has 0 aliphatic carbocycles. The summed E-state index contributed by atoms with van der Waals surface area (Å²) in [5.41, 5.74) is 0. The van der Waals surface area contributed by atoms with Crippen molar-refractivity contribution < 1.29 is 28.6 Å². The van der Waals surface area contributed by atoms with E-state index in [-0.39, 0.29) is 37.5 Å². The maximum absolute atomic E-state index is 12.8. The number of ether oxygens (including phenoxy) is 3. The maximum atomic E-state index is 12.8. The molecule has 0 amide bonds. The molecular weight excluding hydrogens is 829 g/mol. The normalized spacial score (nSPS) is 13.3. The van der Waals surface area contributed by atoms with E-state index < -0.39 is 6.10 Å². The predicted molar refractivity (Wildman–Crippen MR) is 288 cm³/mol. The lowest BCUT2D eigenvalue weighted by atomic mass is 10.1. The quantitative estimate of drug-likeness (QED) is 0.0262. The van der Waals surface area contributed by atoms with E-state index in [0.717, 1.165) is 122 Å². The Morgan fingerprint density at radius 1 is 0.313 bits per heavy atom. The summed E-state index contributed by atoms with van der Waals surface area (Å²) >= 11 is 0. The molecule has 0 aliphatic heterocycles. The van der Waals surface area contributed by atoms with Gasteiger partial charge in [-0.1, -0.05) is 237 Å². The molecule has 6 nitrogen and oxygen atoms in total. The Bertz CT molecular complexity index is 1530. The van der Waals surface area contributed by atoms with E-state index >= 15 is 0 Å². The van der Waals surface area contributed by atoms with Crippen molar-refractivity contribution in [1.29, 1.82) is 0 Å². The first-order valence-electron chi connectivity index (χ1n) is 26.5. The molecule has 0 rings (SSSR count). The molecule has 67 heavy (non-hydrogen) atoms. The Hall–Kier alpha value is -4.71. The molecular formula is C61H94O6. The minimum absolute atomic E-state index is 0.120. The molecule has 374 valence electrons. The molecule has 0 saturated heterocycles. The van der Waals surface area contributed by atoms with Crippen LogP contribution in [0.5, 0.6) is 0 Å². The average Bonchev–Trinajstić information content (AvgIpc) is 3.33. The second-order valence-electron chi connectivity index (χ2n) is 17.0. The van der Waals surface area contributed by atoms with Crippen LogP contribution in [0.4, 0.5) is 0 Å². The van der Waals surface area contributed by atoms with E-state index in [1.54, 1.807) is 0 Å². The highest BCUT2D eigenvalue weighted by Gasteiger charge is 2.19. The summed E-state index contributed by atoms with van der Waals surface area (Å²) in [7, 11) is 0. The molecule has 0 saturated carbocycles.